The number of piperazine rings is 2. The summed E-state index contributed by atoms with van der Waals surface area (Å²) in [6.07, 6.45) is -1.13. The van der Waals surface area contributed by atoms with E-state index < -0.39 is 74.3 Å². The highest BCUT2D eigenvalue weighted by molar-refractivity contribution is 7.87. The number of hydrazine groups is 2. The van der Waals surface area contributed by atoms with E-state index >= 15 is 0 Å². The Labute approximate surface area is 333 Å². The molecule has 2 amide bonds. The van der Waals surface area contributed by atoms with Crippen LogP contribution in [0.3, 0.4) is 0 Å². The fourth-order valence-electron chi connectivity index (χ4n) is 6.58. The van der Waals surface area contributed by atoms with Gasteiger partial charge >= 0.3 is 0 Å². The summed E-state index contributed by atoms with van der Waals surface area (Å²) < 4.78 is 58.1. The van der Waals surface area contributed by atoms with Crippen LogP contribution in [0, 0.1) is 11.8 Å². The molecule has 2 aliphatic heterocycles. The molecule has 2 fully saturated rings. The van der Waals surface area contributed by atoms with E-state index in [-0.39, 0.29) is 12.8 Å². The van der Waals surface area contributed by atoms with Crippen molar-refractivity contribution in [2.75, 3.05) is 66.5 Å². The molecule has 4 atom stereocenters. The molecule has 0 spiro atoms. The molecular weight excluding hydrogens is 761 g/mol. The zero-order chi connectivity index (χ0) is 41.0. The third-order valence-corrected chi connectivity index (χ3v) is 12.2. The summed E-state index contributed by atoms with van der Waals surface area (Å²) in [6, 6.07) is 13.9. The number of likely N-dealkylation sites (N-methyl/N-ethyl adjacent to an activating group) is 2. The molecule has 0 aromatic heterocycles. The predicted octanol–water partition coefficient (Wildman–Crippen LogP) is -0.976. The number of aliphatic hydroxyl groups is 1. The van der Waals surface area contributed by atoms with E-state index in [2.05, 4.69) is 39.5 Å². The molecule has 0 radical (unpaired) electrons. The van der Waals surface area contributed by atoms with Crippen molar-refractivity contribution >= 4 is 32.2 Å². The molecular formula is C37H62N10O7S2. The first-order chi connectivity index (χ1) is 26.4. The Kier molecular flexibility index (Phi) is 17.2. The lowest BCUT2D eigenvalue weighted by Gasteiger charge is -2.35. The van der Waals surface area contributed by atoms with Crippen molar-refractivity contribution in [1.82, 2.24) is 49.6 Å². The zero-order valence-electron chi connectivity index (χ0n) is 33.4. The van der Waals surface area contributed by atoms with Gasteiger partial charge in [0, 0.05) is 52.4 Å². The van der Waals surface area contributed by atoms with Crippen molar-refractivity contribution in [3.63, 3.8) is 0 Å². The molecule has 17 nitrogen and oxygen atoms in total. The number of aliphatic hydroxyl groups excluding tert-OH is 1. The molecule has 4 rings (SSSR count). The minimum atomic E-state index is -4.16. The van der Waals surface area contributed by atoms with Crippen LogP contribution in [0.2, 0.25) is 0 Å². The first-order valence-electron chi connectivity index (χ1n) is 19.2. The van der Waals surface area contributed by atoms with Crippen molar-refractivity contribution in [2.45, 2.75) is 70.8 Å². The molecule has 7 N–H and O–H groups in total. The second kappa shape index (κ2) is 21.1. The van der Waals surface area contributed by atoms with Gasteiger partial charge in [0.2, 0.25) is 11.8 Å². The number of carbonyl (C=O) groups is 2. The van der Waals surface area contributed by atoms with E-state index in [1.807, 2.05) is 74.8 Å². The Morgan fingerprint density at radius 1 is 0.589 bits per heavy atom. The van der Waals surface area contributed by atoms with Gasteiger partial charge in [0.1, 0.15) is 12.1 Å². The molecule has 2 saturated heterocycles. The van der Waals surface area contributed by atoms with E-state index in [1.165, 1.54) is 0 Å². The summed E-state index contributed by atoms with van der Waals surface area (Å²) in [7, 11) is -4.41. The van der Waals surface area contributed by atoms with Crippen LogP contribution in [-0.4, -0.2) is 150 Å². The van der Waals surface area contributed by atoms with Gasteiger partial charge in [0.25, 0.3) is 20.4 Å². The lowest BCUT2D eigenvalue weighted by Crippen LogP contribution is -2.63. The summed E-state index contributed by atoms with van der Waals surface area (Å²) >= 11 is 0. The van der Waals surface area contributed by atoms with Crippen LogP contribution in [0.1, 0.15) is 38.8 Å². The first-order valence-corrected chi connectivity index (χ1v) is 22.2. The van der Waals surface area contributed by atoms with Crippen molar-refractivity contribution in [1.29, 1.82) is 0 Å². The standard InChI is InChI=1S/C37H62N10O7S2/c1-27(2)33(40-55(51,52)42-46-21-17-44(5)18-22-46)36(49)38-31(25-29-13-9-7-10-14-29)35(48)32(26-30-15-11-8-12-16-30)39-37(50)34(28(3)4)41-56(53,54)43-47-23-19-45(6)20-24-47/h7-16,27-28,31-35,40-43,48H,17-26H2,1-6H3,(H,38,49)(H,39,50)/t31?,32?,33-,34-,35?/m0/s1. The molecule has 2 heterocycles. The quantitative estimate of drug-likeness (QED) is 0.0865. The number of amides is 2. The summed E-state index contributed by atoms with van der Waals surface area (Å²) in [4.78, 5) is 37.4. The number of hydrogen-bond donors (Lipinski definition) is 7. The lowest BCUT2D eigenvalue weighted by molar-refractivity contribution is -0.126. The van der Waals surface area contributed by atoms with Gasteiger partial charge < -0.3 is 25.5 Å². The molecule has 2 aromatic carbocycles. The third kappa shape index (κ3) is 14.7. The Hall–Kier alpha value is -3.08. The van der Waals surface area contributed by atoms with Crippen LogP contribution in [0.15, 0.2) is 60.7 Å². The number of carbonyl (C=O) groups excluding carboxylic acids is 2. The van der Waals surface area contributed by atoms with Crippen LogP contribution >= 0.6 is 0 Å². The van der Waals surface area contributed by atoms with Gasteiger partial charge in [-0.2, -0.15) is 26.3 Å². The van der Waals surface area contributed by atoms with E-state index in [4.69, 9.17) is 0 Å². The summed E-state index contributed by atoms with van der Waals surface area (Å²) in [5.74, 6) is -2.27. The molecule has 0 saturated carbocycles. The van der Waals surface area contributed by atoms with E-state index in [0.717, 1.165) is 11.1 Å². The summed E-state index contributed by atoms with van der Waals surface area (Å²) in [5, 5.41) is 21.2. The molecule has 2 unspecified atom stereocenters. The van der Waals surface area contributed by atoms with Gasteiger partial charge in [-0.15, -0.1) is 9.66 Å². The van der Waals surface area contributed by atoms with Crippen LogP contribution in [-0.2, 0) is 42.8 Å². The van der Waals surface area contributed by atoms with Gasteiger partial charge in [0.05, 0.1) is 18.2 Å². The maximum absolute atomic E-state index is 14.1. The van der Waals surface area contributed by atoms with Crippen molar-refractivity contribution in [3.8, 4) is 0 Å². The zero-order valence-corrected chi connectivity index (χ0v) is 35.0. The first kappa shape index (κ1) is 45.6. The lowest BCUT2D eigenvalue weighted by atomic mass is 9.91. The second-order valence-corrected chi connectivity index (χ2v) is 18.4. The topological polar surface area (TPSA) is 208 Å². The molecule has 19 heteroatoms. The maximum Gasteiger partial charge on any atom is 0.290 e. The fraction of sp³-hybridized carbons (Fsp3) is 0.622. The molecule has 2 aromatic rings. The van der Waals surface area contributed by atoms with Gasteiger partial charge in [-0.3, -0.25) is 9.59 Å². The number of nitrogens with zero attached hydrogens (tertiary/aromatic N) is 4. The predicted molar refractivity (Wildman–Crippen MR) is 216 cm³/mol. The third-order valence-electron chi connectivity index (χ3n) is 10.0. The minimum Gasteiger partial charge on any atom is -0.389 e. The van der Waals surface area contributed by atoms with Crippen molar-refractivity contribution in [3.05, 3.63) is 71.8 Å². The average molecular weight is 823 g/mol. The Balaban J connectivity index is 1.58. The number of rotatable bonds is 20. The highest BCUT2D eigenvalue weighted by Gasteiger charge is 2.37. The monoisotopic (exact) mass is 822 g/mol. The minimum absolute atomic E-state index is 0.140. The van der Waals surface area contributed by atoms with Gasteiger partial charge in [-0.25, -0.2) is 10.0 Å². The summed E-state index contributed by atoms with van der Waals surface area (Å²) in [6.45, 7) is 11.5. The largest absolute Gasteiger partial charge is 0.389 e. The van der Waals surface area contributed by atoms with Gasteiger partial charge in [0.15, 0.2) is 0 Å². The molecule has 0 aliphatic carbocycles. The molecule has 2 aliphatic rings. The van der Waals surface area contributed by atoms with E-state index in [9.17, 15) is 31.5 Å². The van der Waals surface area contributed by atoms with Crippen LogP contribution < -0.4 is 29.7 Å². The Morgan fingerprint density at radius 3 is 1.21 bits per heavy atom. The number of benzene rings is 2. The van der Waals surface area contributed by atoms with Crippen LogP contribution in [0.4, 0.5) is 0 Å². The van der Waals surface area contributed by atoms with Crippen molar-refractivity contribution in [2.24, 2.45) is 11.8 Å². The van der Waals surface area contributed by atoms with E-state index in [1.54, 1.807) is 37.7 Å². The van der Waals surface area contributed by atoms with Gasteiger partial charge in [-0.05, 0) is 49.9 Å². The Bertz CT molecular complexity index is 1610. The Morgan fingerprint density at radius 2 is 0.911 bits per heavy atom. The smallest absolute Gasteiger partial charge is 0.290 e. The highest BCUT2D eigenvalue weighted by atomic mass is 32.2. The fourth-order valence-corrected chi connectivity index (χ4v) is 9.16. The van der Waals surface area contributed by atoms with E-state index in [0.29, 0.717) is 52.4 Å². The number of nitrogens with one attached hydrogen (secondary N) is 6. The normalized spacial score (nSPS) is 19.7. The molecule has 56 heavy (non-hydrogen) atoms. The maximum atomic E-state index is 14.1. The van der Waals surface area contributed by atoms with Crippen LogP contribution in [0.25, 0.3) is 0 Å². The van der Waals surface area contributed by atoms with Crippen LogP contribution in [0.5, 0.6) is 0 Å². The van der Waals surface area contributed by atoms with Crippen molar-refractivity contribution < 1.29 is 31.5 Å². The summed E-state index contributed by atoms with van der Waals surface area (Å²) in [5.41, 5.74) is 1.56. The molecule has 0 bridgehead atoms. The number of hydrogen-bond acceptors (Lipinski definition) is 11. The molecule has 314 valence electrons. The SMILES string of the molecule is CC(C)[C@H](NS(=O)(=O)NN1CCN(C)CC1)C(=O)NC(Cc1ccccc1)C(O)C(Cc1ccccc1)NC(=O)[C@@H](NS(=O)(=O)NN1CCN(C)CC1)C(C)C. The average Bonchev–Trinajstić information content (AvgIpc) is 3.14. The second-order valence-electron chi connectivity index (χ2n) is 15.5. The highest BCUT2D eigenvalue weighted by Crippen LogP contribution is 2.16. The van der Waals surface area contributed by atoms with Gasteiger partial charge in [-0.1, -0.05) is 88.4 Å².